The highest BCUT2D eigenvalue weighted by Crippen LogP contribution is 2.40. The monoisotopic (exact) mass is 359 g/mol. The quantitative estimate of drug-likeness (QED) is 0.797. The van der Waals surface area contributed by atoms with Gasteiger partial charge in [0.1, 0.15) is 11.9 Å². The van der Waals surface area contributed by atoms with Gasteiger partial charge in [0.2, 0.25) is 0 Å². The molecule has 2 N–H and O–H groups in total. The van der Waals surface area contributed by atoms with Gasteiger partial charge >= 0.3 is 0 Å². The van der Waals surface area contributed by atoms with Gasteiger partial charge in [0.25, 0.3) is 5.95 Å². The van der Waals surface area contributed by atoms with Crippen LogP contribution in [0.4, 0.5) is 4.39 Å². The highest BCUT2D eigenvalue weighted by atomic mass is 19.1. The third-order valence-electron chi connectivity index (χ3n) is 5.35. The molecule has 138 valence electrons. The van der Waals surface area contributed by atoms with Crippen molar-refractivity contribution < 1.29 is 19.3 Å². The van der Waals surface area contributed by atoms with Crippen molar-refractivity contribution in [2.75, 3.05) is 19.6 Å². The van der Waals surface area contributed by atoms with E-state index in [1.54, 1.807) is 18.2 Å². The fraction of sp³-hybridized carbons (Fsp3) is 0.474. The number of aliphatic hydroxyl groups excluding tert-OH is 1. The Morgan fingerprint density at radius 1 is 1.19 bits per heavy atom. The largest absolute Gasteiger partial charge is 0.506 e. The van der Waals surface area contributed by atoms with Crippen LogP contribution in [0.25, 0.3) is 0 Å². The zero-order chi connectivity index (χ0) is 18.1. The van der Waals surface area contributed by atoms with Crippen molar-refractivity contribution in [3.05, 3.63) is 48.3 Å². The standard InChI is InChI=1S/C19H22FN3O3/c20-19-18(2-1-5-21-19)26-15-6-12-9-23(10-13(12)7-15)11-17(25)16-4-3-14(24)8-22-16/h1-5,8,12-13,15,17,24-25H,6-7,9-11H2/t12-,13+,15-,17?. The molecule has 1 aliphatic heterocycles. The summed E-state index contributed by atoms with van der Waals surface area (Å²) in [5, 5.41) is 19.6. The molecule has 2 fully saturated rings. The second-order valence-corrected chi connectivity index (χ2v) is 7.20. The molecule has 0 bridgehead atoms. The Labute approximate surface area is 151 Å². The molecule has 6 nitrogen and oxygen atoms in total. The maximum absolute atomic E-state index is 13.6. The lowest BCUT2D eigenvalue weighted by molar-refractivity contribution is 0.112. The molecule has 0 radical (unpaired) electrons. The number of pyridine rings is 2. The number of fused-ring (bicyclic) bond motifs is 1. The van der Waals surface area contributed by atoms with Crippen LogP contribution < -0.4 is 4.74 Å². The molecular formula is C19H22FN3O3. The topological polar surface area (TPSA) is 78.7 Å². The Hall–Kier alpha value is -2.25. The van der Waals surface area contributed by atoms with Crippen molar-refractivity contribution in [3.63, 3.8) is 0 Å². The lowest BCUT2D eigenvalue weighted by Crippen LogP contribution is -2.29. The fourth-order valence-electron chi connectivity index (χ4n) is 4.16. The SMILES string of the molecule is Oc1ccc(C(O)CN2C[C@H]3C[C@@H](Oc4cccnc4F)C[C@H]3C2)nc1. The lowest BCUT2D eigenvalue weighted by atomic mass is 10.0. The van der Waals surface area contributed by atoms with E-state index in [1.165, 1.54) is 18.5 Å². The first kappa shape index (κ1) is 17.2. The minimum Gasteiger partial charge on any atom is -0.506 e. The van der Waals surface area contributed by atoms with Crippen molar-refractivity contribution in [1.29, 1.82) is 0 Å². The minimum absolute atomic E-state index is 0.0227. The average molecular weight is 359 g/mol. The Morgan fingerprint density at radius 3 is 2.62 bits per heavy atom. The number of hydrogen-bond acceptors (Lipinski definition) is 6. The van der Waals surface area contributed by atoms with E-state index in [4.69, 9.17) is 4.74 Å². The van der Waals surface area contributed by atoms with Crippen LogP contribution in [0.5, 0.6) is 11.5 Å². The van der Waals surface area contributed by atoms with E-state index < -0.39 is 12.1 Å². The lowest BCUT2D eigenvalue weighted by Gasteiger charge is -2.22. The molecule has 4 rings (SSSR count). The van der Waals surface area contributed by atoms with Gasteiger partial charge in [0, 0.05) is 25.8 Å². The number of nitrogens with zero attached hydrogens (tertiary/aromatic N) is 3. The predicted octanol–water partition coefficient (Wildman–Crippen LogP) is 2.14. The number of rotatable bonds is 5. The number of β-amino-alcohol motifs (C(OH)–C–C–N with tert-alkyl or cyclic N) is 1. The van der Waals surface area contributed by atoms with Gasteiger partial charge in [0.05, 0.1) is 18.0 Å². The summed E-state index contributed by atoms with van der Waals surface area (Å²) in [6.45, 7) is 2.32. The summed E-state index contributed by atoms with van der Waals surface area (Å²) in [7, 11) is 0. The summed E-state index contributed by atoms with van der Waals surface area (Å²) in [5.74, 6) is 0.756. The summed E-state index contributed by atoms with van der Waals surface area (Å²) in [6.07, 6.45) is 3.89. The summed E-state index contributed by atoms with van der Waals surface area (Å²) >= 11 is 0. The van der Waals surface area contributed by atoms with Gasteiger partial charge in [0.15, 0.2) is 5.75 Å². The average Bonchev–Trinajstić information content (AvgIpc) is 3.15. The maximum Gasteiger partial charge on any atom is 0.255 e. The van der Waals surface area contributed by atoms with Crippen LogP contribution in [0.15, 0.2) is 36.7 Å². The summed E-state index contributed by atoms with van der Waals surface area (Å²) < 4.78 is 19.4. The van der Waals surface area contributed by atoms with Crippen LogP contribution in [0.1, 0.15) is 24.6 Å². The zero-order valence-electron chi connectivity index (χ0n) is 14.3. The summed E-state index contributed by atoms with van der Waals surface area (Å²) in [5.41, 5.74) is 0.563. The second kappa shape index (κ2) is 7.17. The van der Waals surface area contributed by atoms with Gasteiger partial charge in [-0.2, -0.15) is 4.39 Å². The number of aliphatic hydroxyl groups is 1. The van der Waals surface area contributed by atoms with Crippen LogP contribution in [-0.2, 0) is 0 Å². The Balaban J connectivity index is 1.29. The Kier molecular flexibility index (Phi) is 4.74. The van der Waals surface area contributed by atoms with Crippen molar-refractivity contribution >= 4 is 0 Å². The van der Waals surface area contributed by atoms with Crippen molar-refractivity contribution in [1.82, 2.24) is 14.9 Å². The van der Waals surface area contributed by atoms with Crippen LogP contribution in [0.3, 0.4) is 0 Å². The molecule has 0 amide bonds. The second-order valence-electron chi connectivity index (χ2n) is 7.20. The van der Waals surface area contributed by atoms with Crippen LogP contribution in [-0.4, -0.2) is 50.8 Å². The zero-order valence-corrected chi connectivity index (χ0v) is 14.3. The van der Waals surface area contributed by atoms with Gasteiger partial charge < -0.3 is 14.9 Å². The number of likely N-dealkylation sites (tertiary alicyclic amines) is 1. The van der Waals surface area contributed by atoms with E-state index in [2.05, 4.69) is 14.9 Å². The molecule has 1 aliphatic carbocycles. The van der Waals surface area contributed by atoms with Gasteiger partial charge in [-0.15, -0.1) is 0 Å². The molecule has 2 aromatic rings. The third kappa shape index (κ3) is 3.64. The minimum atomic E-state index is -0.675. The van der Waals surface area contributed by atoms with Gasteiger partial charge in [-0.1, -0.05) is 0 Å². The first-order valence-electron chi connectivity index (χ1n) is 8.91. The van der Waals surface area contributed by atoms with Gasteiger partial charge in [-0.3, -0.25) is 9.88 Å². The molecule has 1 saturated carbocycles. The highest BCUT2D eigenvalue weighted by molar-refractivity contribution is 5.20. The smallest absolute Gasteiger partial charge is 0.255 e. The summed E-state index contributed by atoms with van der Waals surface area (Å²) in [4.78, 5) is 9.94. The van der Waals surface area contributed by atoms with Gasteiger partial charge in [-0.25, -0.2) is 4.98 Å². The van der Waals surface area contributed by atoms with Crippen molar-refractivity contribution in [2.45, 2.75) is 25.0 Å². The number of hydrogen-bond donors (Lipinski definition) is 2. The number of ether oxygens (including phenoxy) is 1. The van der Waals surface area contributed by atoms with Crippen LogP contribution >= 0.6 is 0 Å². The number of aromatic hydroxyl groups is 1. The van der Waals surface area contributed by atoms with E-state index in [0.29, 0.717) is 24.1 Å². The Bertz CT molecular complexity index is 744. The van der Waals surface area contributed by atoms with E-state index >= 15 is 0 Å². The predicted molar refractivity (Wildman–Crippen MR) is 92.1 cm³/mol. The first-order valence-corrected chi connectivity index (χ1v) is 8.91. The number of aromatic nitrogens is 2. The van der Waals surface area contributed by atoms with E-state index in [0.717, 1.165) is 25.9 Å². The molecule has 1 unspecified atom stereocenters. The number of halogens is 1. The molecule has 7 heteroatoms. The summed E-state index contributed by atoms with van der Waals surface area (Å²) in [6, 6.07) is 6.46. The molecule has 3 heterocycles. The van der Waals surface area contributed by atoms with Gasteiger partial charge in [-0.05, 0) is 48.9 Å². The Morgan fingerprint density at radius 2 is 1.96 bits per heavy atom. The van der Waals surface area contributed by atoms with Crippen LogP contribution in [0.2, 0.25) is 0 Å². The normalized spacial score (nSPS) is 26.6. The third-order valence-corrected chi connectivity index (χ3v) is 5.35. The molecule has 4 atom stereocenters. The van der Waals surface area contributed by atoms with E-state index in [1.807, 2.05) is 0 Å². The van der Waals surface area contributed by atoms with Crippen LogP contribution in [0, 0.1) is 17.8 Å². The highest BCUT2D eigenvalue weighted by Gasteiger charge is 2.42. The maximum atomic E-state index is 13.6. The molecule has 26 heavy (non-hydrogen) atoms. The molecule has 2 aliphatic rings. The van der Waals surface area contributed by atoms with Crippen molar-refractivity contribution in [2.24, 2.45) is 11.8 Å². The van der Waals surface area contributed by atoms with E-state index in [9.17, 15) is 14.6 Å². The molecule has 0 aromatic carbocycles. The molecular weight excluding hydrogens is 337 g/mol. The molecule has 2 aromatic heterocycles. The fourth-order valence-corrected chi connectivity index (χ4v) is 4.16. The first-order chi connectivity index (χ1) is 12.6. The molecule has 0 spiro atoms. The molecule has 1 saturated heterocycles. The van der Waals surface area contributed by atoms with E-state index in [-0.39, 0.29) is 17.6 Å². The van der Waals surface area contributed by atoms with Crippen molar-refractivity contribution in [3.8, 4) is 11.5 Å².